The lowest BCUT2D eigenvalue weighted by atomic mass is 9.99. The van der Waals surface area contributed by atoms with Gasteiger partial charge in [-0.15, -0.1) is 16.9 Å². The van der Waals surface area contributed by atoms with Crippen LogP contribution in [0, 0.1) is 0 Å². The largest absolute Gasteiger partial charge is 0.479 e. The van der Waals surface area contributed by atoms with Crippen molar-refractivity contribution in [2.24, 2.45) is 11.5 Å². The number of carboxylic acid groups (broad SMARTS) is 2. The summed E-state index contributed by atoms with van der Waals surface area (Å²) < 4.78 is 0. The number of carbonyl (C=O) groups is 5. The number of fused-ring (bicyclic) bond motifs is 1. The number of hydrogen-bond donors (Lipinski definition) is 7. The molecule has 1 fully saturated rings. The minimum absolute atomic E-state index is 0.0141. The van der Waals surface area contributed by atoms with E-state index in [0.717, 1.165) is 16.7 Å². The molecule has 40 heavy (non-hydrogen) atoms. The minimum atomic E-state index is -1.31. The van der Waals surface area contributed by atoms with Gasteiger partial charge in [0.25, 0.3) is 5.91 Å². The van der Waals surface area contributed by atoms with Crippen LogP contribution in [0.25, 0.3) is 0 Å². The van der Waals surface area contributed by atoms with E-state index in [-0.39, 0.29) is 30.7 Å². The highest BCUT2D eigenvalue weighted by atomic mass is 32.2. The van der Waals surface area contributed by atoms with Gasteiger partial charge in [0.2, 0.25) is 17.0 Å². The van der Waals surface area contributed by atoms with Crippen LogP contribution in [0.3, 0.4) is 0 Å². The van der Waals surface area contributed by atoms with Gasteiger partial charge < -0.3 is 32.3 Å². The smallest absolute Gasteiger partial charge is 0.352 e. The molecule has 0 spiro atoms. The fourth-order valence-electron chi connectivity index (χ4n) is 4.17. The number of rotatable bonds is 13. The number of primary amides is 1. The maximum absolute atomic E-state index is 13.1. The Bertz CT molecular complexity index is 1340. The molecule has 0 aliphatic carbocycles. The number of nitrogens with zero attached hydrogens (tertiary/aromatic N) is 4. The first-order valence-electron chi connectivity index (χ1n) is 11.8. The van der Waals surface area contributed by atoms with Gasteiger partial charge >= 0.3 is 11.9 Å². The van der Waals surface area contributed by atoms with Crippen molar-refractivity contribution in [3.8, 4) is 0 Å². The number of aromatic amines is 1. The van der Waals surface area contributed by atoms with Gasteiger partial charge in [-0.05, 0) is 40.1 Å². The molecule has 2 aliphatic rings. The highest BCUT2D eigenvalue weighted by molar-refractivity contribution is 8.01. The van der Waals surface area contributed by atoms with E-state index in [0.29, 0.717) is 22.0 Å². The molecule has 0 bridgehead atoms. The van der Waals surface area contributed by atoms with E-state index < -0.39 is 52.5 Å². The fourth-order valence-corrected chi connectivity index (χ4v) is 6.72. The van der Waals surface area contributed by atoms with Crippen LogP contribution < -0.4 is 22.1 Å². The molecule has 1 saturated heterocycles. The third-order valence-corrected chi connectivity index (χ3v) is 8.55. The van der Waals surface area contributed by atoms with E-state index in [1.54, 1.807) is 24.3 Å². The summed E-state index contributed by atoms with van der Waals surface area (Å²) in [4.78, 5) is 61.5. The number of amides is 3. The Hall–Kier alpha value is -4.16. The molecule has 212 valence electrons. The summed E-state index contributed by atoms with van der Waals surface area (Å²) in [6.07, 6.45) is -1.15. The number of anilines is 1. The zero-order valence-corrected chi connectivity index (χ0v) is 22.3. The lowest BCUT2D eigenvalue weighted by molar-refractivity contribution is -0.150. The molecule has 16 nitrogen and oxygen atoms in total. The number of H-pyrrole nitrogens is 1. The predicted molar refractivity (Wildman–Crippen MR) is 141 cm³/mol. The molecular formula is C22H25N9O7S2. The molecule has 2 aromatic rings. The monoisotopic (exact) mass is 591 g/mol. The summed E-state index contributed by atoms with van der Waals surface area (Å²) >= 11 is 2.43. The maximum atomic E-state index is 13.1. The van der Waals surface area contributed by atoms with Crippen molar-refractivity contribution in [1.29, 1.82) is 0 Å². The number of thioether (sulfide) groups is 2. The molecule has 4 atom stereocenters. The van der Waals surface area contributed by atoms with Crippen LogP contribution in [0.1, 0.15) is 18.4 Å². The van der Waals surface area contributed by atoms with E-state index in [1.165, 1.54) is 11.8 Å². The van der Waals surface area contributed by atoms with Crippen LogP contribution in [0.15, 0.2) is 40.7 Å². The third kappa shape index (κ3) is 6.52. The molecular weight excluding hydrogens is 566 g/mol. The summed E-state index contributed by atoms with van der Waals surface area (Å²) in [5.74, 6) is -3.87. The number of carboxylic acids is 2. The first kappa shape index (κ1) is 28.8. The van der Waals surface area contributed by atoms with Crippen LogP contribution in [-0.2, 0) is 30.4 Å². The highest BCUT2D eigenvalue weighted by Crippen LogP contribution is 2.44. The van der Waals surface area contributed by atoms with Crippen molar-refractivity contribution >= 4 is 58.9 Å². The third-order valence-electron chi connectivity index (χ3n) is 6.05. The lowest BCUT2D eigenvalue weighted by Gasteiger charge is -2.50. The standard InChI is InChI=1S/C22H25N9O7S2/c23-13(32)6-5-12(40-22-27-29-30-28-22)11-8-39-19-15(18(34)31(19)16(11)20(35)36)26-14(33)7-9-1-3-10(4-2-9)25-17(24)21(37)38/h1-4,12,15,17,19,25H,5-8,24H2,(H2,23,32)(H,26,33)(H,35,36)(H,37,38)(H,27,28,29,30)/t12?,15?,17?,19-/m0/s1. The Morgan fingerprint density at radius 1 is 1.23 bits per heavy atom. The summed E-state index contributed by atoms with van der Waals surface area (Å²) in [6, 6.07) is 5.47. The lowest BCUT2D eigenvalue weighted by Crippen LogP contribution is -2.70. The first-order chi connectivity index (χ1) is 19.0. The number of nitrogens with two attached hydrogens (primary N) is 2. The van der Waals surface area contributed by atoms with Crippen molar-refractivity contribution in [1.82, 2.24) is 30.8 Å². The van der Waals surface area contributed by atoms with Crippen molar-refractivity contribution in [3.63, 3.8) is 0 Å². The Kier molecular flexibility index (Phi) is 8.90. The van der Waals surface area contributed by atoms with Crippen molar-refractivity contribution in [2.45, 2.75) is 47.3 Å². The highest BCUT2D eigenvalue weighted by Gasteiger charge is 2.54. The van der Waals surface area contributed by atoms with E-state index in [2.05, 4.69) is 31.3 Å². The molecule has 0 saturated carbocycles. The molecule has 18 heteroatoms. The molecule has 2 aliphatic heterocycles. The Labute approximate surface area is 234 Å². The van der Waals surface area contributed by atoms with Gasteiger partial charge in [-0.1, -0.05) is 23.9 Å². The molecule has 9 N–H and O–H groups in total. The van der Waals surface area contributed by atoms with Crippen LogP contribution in [0.2, 0.25) is 0 Å². The zero-order chi connectivity index (χ0) is 29.0. The molecule has 3 heterocycles. The van der Waals surface area contributed by atoms with Gasteiger partial charge in [-0.2, -0.15) is 0 Å². The normalized spacial score (nSPS) is 19.7. The van der Waals surface area contributed by atoms with E-state index in [9.17, 15) is 29.1 Å². The number of benzene rings is 1. The molecule has 3 amide bonds. The second kappa shape index (κ2) is 12.3. The van der Waals surface area contributed by atoms with E-state index in [1.807, 2.05) is 0 Å². The Balaban J connectivity index is 1.44. The molecule has 0 radical (unpaired) electrons. The first-order valence-corrected chi connectivity index (χ1v) is 13.7. The van der Waals surface area contributed by atoms with Crippen molar-refractivity contribution < 1.29 is 34.2 Å². The minimum Gasteiger partial charge on any atom is -0.479 e. The zero-order valence-electron chi connectivity index (χ0n) is 20.6. The topological polar surface area (TPSA) is 260 Å². The van der Waals surface area contributed by atoms with Gasteiger partial charge in [0.1, 0.15) is 17.1 Å². The van der Waals surface area contributed by atoms with Gasteiger partial charge in [-0.25, -0.2) is 14.7 Å². The summed E-state index contributed by atoms with van der Waals surface area (Å²) in [5.41, 5.74) is 12.0. The summed E-state index contributed by atoms with van der Waals surface area (Å²) in [5, 5.41) is 36.7. The average molecular weight is 592 g/mol. The average Bonchev–Trinajstić information content (AvgIpc) is 3.43. The second-order valence-corrected chi connectivity index (χ2v) is 11.1. The number of β-lactam (4-membered cyclic amide) rings is 1. The number of tetrazole rings is 1. The number of carbonyl (C=O) groups excluding carboxylic acids is 3. The van der Waals surface area contributed by atoms with Crippen LogP contribution in [-0.4, -0.2) is 94.0 Å². The number of aliphatic carboxylic acids is 2. The molecule has 1 aromatic heterocycles. The second-order valence-electron chi connectivity index (χ2n) is 8.79. The van der Waals surface area contributed by atoms with Crippen molar-refractivity contribution in [2.75, 3.05) is 11.1 Å². The van der Waals surface area contributed by atoms with Gasteiger partial charge in [0.15, 0.2) is 6.17 Å². The van der Waals surface area contributed by atoms with Crippen LogP contribution in [0.4, 0.5) is 5.69 Å². The van der Waals surface area contributed by atoms with Crippen LogP contribution >= 0.6 is 23.5 Å². The predicted octanol–water partition coefficient (Wildman–Crippen LogP) is -1.31. The van der Waals surface area contributed by atoms with Gasteiger partial charge in [0, 0.05) is 23.1 Å². The molecule has 3 unspecified atom stereocenters. The van der Waals surface area contributed by atoms with Gasteiger partial charge in [-0.3, -0.25) is 19.3 Å². The SMILES string of the molecule is NC(=O)CCC(Sc1nnn[nH]1)C1=C(C(=O)O)N2C(=O)C(NC(=O)Cc3ccc(NC(N)C(=O)O)cc3)[C@@H]2SC1. The number of hydrogen-bond acceptors (Lipinski definition) is 12. The molecule has 4 rings (SSSR count). The maximum Gasteiger partial charge on any atom is 0.352 e. The quantitative estimate of drug-likeness (QED) is 0.0810. The van der Waals surface area contributed by atoms with E-state index in [4.69, 9.17) is 16.6 Å². The Morgan fingerprint density at radius 2 is 1.95 bits per heavy atom. The molecule has 1 aromatic carbocycles. The van der Waals surface area contributed by atoms with Crippen molar-refractivity contribution in [3.05, 3.63) is 41.1 Å². The van der Waals surface area contributed by atoms with E-state index >= 15 is 0 Å². The summed E-state index contributed by atoms with van der Waals surface area (Å²) in [6.45, 7) is 0. The fraction of sp³-hybridized carbons (Fsp3) is 0.364. The van der Waals surface area contributed by atoms with Crippen LogP contribution in [0.5, 0.6) is 0 Å². The van der Waals surface area contributed by atoms with Gasteiger partial charge in [0.05, 0.1) is 6.42 Å². The Morgan fingerprint density at radius 3 is 2.55 bits per heavy atom. The number of aromatic nitrogens is 4. The number of nitrogens with one attached hydrogen (secondary N) is 3. The summed E-state index contributed by atoms with van der Waals surface area (Å²) in [7, 11) is 0.